The Morgan fingerprint density at radius 2 is 1.89 bits per heavy atom. The molecular formula is C14H11F2NOS. The molecular weight excluding hydrogens is 268 g/mol. The normalized spacial score (nSPS) is 10.3. The Balaban J connectivity index is 2.28. The summed E-state index contributed by atoms with van der Waals surface area (Å²) in [6.45, 7) is 0. The third kappa shape index (κ3) is 3.12. The summed E-state index contributed by atoms with van der Waals surface area (Å²) in [5, 5.41) is 2.37. The molecule has 0 bridgehead atoms. The average Bonchev–Trinajstić information content (AvgIpc) is 2.42. The standard InChI is InChI=1S/C14H11F2NOS/c1-19-13-5-3-2-4-10(13)14(18)17-12-8-9(15)6-7-11(12)16/h2-8H,1H3,(H,17,18). The minimum atomic E-state index is -0.670. The first-order valence-corrected chi connectivity index (χ1v) is 6.73. The summed E-state index contributed by atoms with van der Waals surface area (Å²) in [5.41, 5.74) is 0.263. The lowest BCUT2D eigenvalue weighted by molar-refractivity contribution is 0.102. The number of rotatable bonds is 3. The predicted molar refractivity (Wildman–Crippen MR) is 72.5 cm³/mol. The van der Waals surface area contributed by atoms with Crippen molar-refractivity contribution < 1.29 is 13.6 Å². The summed E-state index contributed by atoms with van der Waals surface area (Å²) in [7, 11) is 0. The summed E-state index contributed by atoms with van der Waals surface area (Å²) < 4.78 is 26.5. The Hall–Kier alpha value is -1.88. The third-order valence-electron chi connectivity index (χ3n) is 2.53. The third-order valence-corrected chi connectivity index (χ3v) is 3.32. The lowest BCUT2D eigenvalue weighted by Gasteiger charge is -2.09. The molecule has 0 spiro atoms. The molecule has 2 aromatic carbocycles. The fraction of sp³-hybridized carbons (Fsp3) is 0.0714. The van der Waals surface area contributed by atoms with Gasteiger partial charge in [-0.1, -0.05) is 12.1 Å². The number of thioether (sulfide) groups is 1. The SMILES string of the molecule is CSc1ccccc1C(=O)Nc1cc(F)ccc1F. The van der Waals surface area contributed by atoms with Gasteiger partial charge in [-0.25, -0.2) is 8.78 Å². The zero-order valence-electron chi connectivity index (χ0n) is 10.1. The molecule has 2 rings (SSSR count). The maximum absolute atomic E-state index is 13.4. The van der Waals surface area contributed by atoms with E-state index in [9.17, 15) is 13.6 Å². The van der Waals surface area contributed by atoms with E-state index in [1.165, 1.54) is 11.8 Å². The second kappa shape index (κ2) is 5.84. The number of carbonyl (C=O) groups excluding carboxylic acids is 1. The quantitative estimate of drug-likeness (QED) is 0.862. The van der Waals surface area contributed by atoms with Crippen LogP contribution in [0.3, 0.4) is 0 Å². The molecule has 0 unspecified atom stereocenters. The summed E-state index contributed by atoms with van der Waals surface area (Å²) in [6.07, 6.45) is 1.84. The van der Waals surface area contributed by atoms with Crippen molar-refractivity contribution in [1.82, 2.24) is 0 Å². The zero-order valence-corrected chi connectivity index (χ0v) is 10.9. The maximum atomic E-state index is 13.4. The van der Waals surface area contributed by atoms with Crippen LogP contribution in [0.25, 0.3) is 0 Å². The summed E-state index contributed by atoms with van der Waals surface area (Å²) in [5.74, 6) is -1.74. The van der Waals surface area contributed by atoms with Gasteiger partial charge < -0.3 is 5.32 Å². The number of amides is 1. The van der Waals surface area contributed by atoms with Crippen LogP contribution in [0.4, 0.5) is 14.5 Å². The van der Waals surface area contributed by atoms with Gasteiger partial charge in [0.15, 0.2) is 0 Å². The van der Waals surface area contributed by atoms with Crippen LogP contribution in [-0.2, 0) is 0 Å². The molecule has 0 saturated carbocycles. The highest BCUT2D eigenvalue weighted by molar-refractivity contribution is 7.98. The Morgan fingerprint density at radius 3 is 2.63 bits per heavy atom. The topological polar surface area (TPSA) is 29.1 Å². The van der Waals surface area contributed by atoms with Crippen molar-refractivity contribution >= 4 is 23.4 Å². The van der Waals surface area contributed by atoms with Crippen molar-refractivity contribution in [1.29, 1.82) is 0 Å². The van der Waals surface area contributed by atoms with Crippen molar-refractivity contribution in [3.63, 3.8) is 0 Å². The van der Waals surface area contributed by atoms with E-state index in [2.05, 4.69) is 5.32 Å². The van der Waals surface area contributed by atoms with Gasteiger partial charge in [0, 0.05) is 11.0 Å². The Labute approximate surface area is 113 Å². The molecule has 1 N–H and O–H groups in total. The fourth-order valence-electron chi connectivity index (χ4n) is 1.62. The number of hydrogen-bond acceptors (Lipinski definition) is 2. The first-order valence-electron chi connectivity index (χ1n) is 5.51. The van der Waals surface area contributed by atoms with Crippen LogP contribution in [0.5, 0.6) is 0 Å². The molecule has 0 fully saturated rings. The lowest BCUT2D eigenvalue weighted by atomic mass is 10.2. The molecule has 0 heterocycles. The van der Waals surface area contributed by atoms with Crippen LogP contribution in [0, 0.1) is 11.6 Å². The van der Waals surface area contributed by atoms with Gasteiger partial charge in [-0.3, -0.25) is 4.79 Å². The van der Waals surface area contributed by atoms with E-state index in [1.807, 2.05) is 12.3 Å². The molecule has 2 nitrogen and oxygen atoms in total. The number of halogens is 2. The van der Waals surface area contributed by atoms with Gasteiger partial charge in [-0.15, -0.1) is 11.8 Å². The number of benzene rings is 2. The molecule has 0 saturated heterocycles. The van der Waals surface area contributed by atoms with Gasteiger partial charge in [-0.2, -0.15) is 0 Å². The molecule has 0 radical (unpaired) electrons. The van der Waals surface area contributed by atoms with Crippen molar-refractivity contribution in [2.75, 3.05) is 11.6 Å². The molecule has 0 aliphatic rings. The van der Waals surface area contributed by atoms with E-state index in [0.717, 1.165) is 23.1 Å². The largest absolute Gasteiger partial charge is 0.319 e. The number of anilines is 1. The van der Waals surface area contributed by atoms with Crippen molar-refractivity contribution in [2.24, 2.45) is 0 Å². The molecule has 0 aliphatic heterocycles. The number of nitrogens with one attached hydrogen (secondary N) is 1. The first-order chi connectivity index (χ1) is 9.11. The smallest absolute Gasteiger partial charge is 0.256 e. The monoisotopic (exact) mass is 279 g/mol. The Bertz CT molecular complexity index is 616. The average molecular weight is 279 g/mol. The van der Waals surface area contributed by atoms with Crippen LogP contribution < -0.4 is 5.32 Å². The van der Waals surface area contributed by atoms with E-state index in [4.69, 9.17) is 0 Å². The molecule has 0 atom stereocenters. The Morgan fingerprint density at radius 1 is 1.16 bits per heavy atom. The zero-order chi connectivity index (χ0) is 13.8. The van der Waals surface area contributed by atoms with Crippen LogP contribution in [-0.4, -0.2) is 12.2 Å². The van der Waals surface area contributed by atoms with Crippen molar-refractivity contribution in [2.45, 2.75) is 4.90 Å². The number of carbonyl (C=O) groups is 1. The summed E-state index contributed by atoms with van der Waals surface area (Å²) >= 11 is 1.41. The van der Waals surface area contributed by atoms with Crippen LogP contribution in [0.15, 0.2) is 47.4 Å². The minimum absolute atomic E-state index is 0.166. The first kappa shape index (κ1) is 13.5. The van der Waals surface area contributed by atoms with Gasteiger partial charge in [-0.05, 0) is 30.5 Å². The van der Waals surface area contributed by atoms with Gasteiger partial charge in [0.2, 0.25) is 0 Å². The minimum Gasteiger partial charge on any atom is -0.319 e. The summed E-state index contributed by atoms with van der Waals surface area (Å²) in [6, 6.07) is 9.89. The highest BCUT2D eigenvalue weighted by Gasteiger charge is 2.13. The lowest BCUT2D eigenvalue weighted by Crippen LogP contribution is -2.14. The van der Waals surface area contributed by atoms with Gasteiger partial charge in [0.1, 0.15) is 11.6 Å². The van der Waals surface area contributed by atoms with Crippen molar-refractivity contribution in [3.8, 4) is 0 Å². The molecule has 0 aromatic heterocycles. The van der Waals surface area contributed by atoms with Crippen LogP contribution in [0.1, 0.15) is 10.4 Å². The highest BCUT2D eigenvalue weighted by atomic mass is 32.2. The predicted octanol–water partition coefficient (Wildman–Crippen LogP) is 3.94. The van der Waals surface area contributed by atoms with E-state index in [1.54, 1.807) is 18.2 Å². The molecule has 5 heteroatoms. The van der Waals surface area contributed by atoms with Crippen LogP contribution >= 0.6 is 11.8 Å². The van der Waals surface area contributed by atoms with E-state index >= 15 is 0 Å². The van der Waals surface area contributed by atoms with Crippen LogP contribution in [0.2, 0.25) is 0 Å². The van der Waals surface area contributed by atoms with E-state index in [0.29, 0.717) is 5.56 Å². The number of hydrogen-bond donors (Lipinski definition) is 1. The fourth-order valence-corrected chi connectivity index (χ4v) is 2.21. The Kier molecular flexibility index (Phi) is 4.16. The van der Waals surface area contributed by atoms with E-state index < -0.39 is 17.5 Å². The molecule has 2 aromatic rings. The van der Waals surface area contributed by atoms with Gasteiger partial charge in [0.25, 0.3) is 5.91 Å². The second-order valence-corrected chi connectivity index (χ2v) is 4.63. The van der Waals surface area contributed by atoms with Crippen molar-refractivity contribution in [3.05, 3.63) is 59.7 Å². The molecule has 98 valence electrons. The second-order valence-electron chi connectivity index (χ2n) is 3.78. The van der Waals surface area contributed by atoms with Gasteiger partial charge in [0.05, 0.1) is 11.3 Å². The maximum Gasteiger partial charge on any atom is 0.256 e. The van der Waals surface area contributed by atoms with E-state index in [-0.39, 0.29) is 5.69 Å². The summed E-state index contributed by atoms with van der Waals surface area (Å²) in [4.78, 5) is 12.8. The highest BCUT2D eigenvalue weighted by Crippen LogP contribution is 2.22. The van der Waals surface area contributed by atoms with Gasteiger partial charge >= 0.3 is 0 Å². The molecule has 1 amide bonds. The molecule has 19 heavy (non-hydrogen) atoms. The molecule has 0 aliphatic carbocycles.